The average molecular weight is 362 g/mol. The highest BCUT2D eigenvalue weighted by atomic mass is 32.1. The first kappa shape index (κ1) is 19.2. The molecule has 0 aliphatic carbocycles. The van der Waals surface area contributed by atoms with Gasteiger partial charge in [0.25, 0.3) is 0 Å². The standard InChI is InChI=1S/C19H27N3O2S/c1-4-6-7-8-11-24-17-10-9-16(12-18(17)23-5-2)13-20-22-19-21-15(3)14-25-19/h9-10,12-14H,4-8,11H2,1-3H3,(H,21,22). The Morgan fingerprint density at radius 2 is 2.04 bits per heavy atom. The summed E-state index contributed by atoms with van der Waals surface area (Å²) < 4.78 is 11.6. The maximum atomic E-state index is 5.87. The minimum Gasteiger partial charge on any atom is -0.490 e. The van der Waals surface area contributed by atoms with Crippen LogP contribution in [0, 0.1) is 6.92 Å². The molecule has 136 valence electrons. The molecule has 0 radical (unpaired) electrons. The highest BCUT2D eigenvalue weighted by Crippen LogP contribution is 2.28. The number of hydrazone groups is 1. The molecule has 0 bridgehead atoms. The molecule has 0 atom stereocenters. The van der Waals surface area contributed by atoms with Crippen LogP contribution in [0.5, 0.6) is 11.5 Å². The van der Waals surface area contributed by atoms with E-state index in [2.05, 4.69) is 22.4 Å². The van der Waals surface area contributed by atoms with Crippen LogP contribution in [0.4, 0.5) is 5.13 Å². The number of aromatic nitrogens is 1. The van der Waals surface area contributed by atoms with Crippen molar-refractivity contribution >= 4 is 22.7 Å². The smallest absolute Gasteiger partial charge is 0.203 e. The van der Waals surface area contributed by atoms with Gasteiger partial charge in [0, 0.05) is 5.38 Å². The first-order valence-electron chi connectivity index (χ1n) is 8.83. The van der Waals surface area contributed by atoms with Crippen molar-refractivity contribution in [2.24, 2.45) is 5.10 Å². The first-order chi connectivity index (χ1) is 12.2. The van der Waals surface area contributed by atoms with E-state index in [-0.39, 0.29) is 0 Å². The summed E-state index contributed by atoms with van der Waals surface area (Å²) in [5, 5.41) is 7.00. The largest absolute Gasteiger partial charge is 0.490 e. The molecular weight excluding hydrogens is 334 g/mol. The van der Waals surface area contributed by atoms with Gasteiger partial charge in [0.2, 0.25) is 5.13 Å². The van der Waals surface area contributed by atoms with Crippen LogP contribution < -0.4 is 14.9 Å². The van der Waals surface area contributed by atoms with Crippen molar-refractivity contribution in [1.82, 2.24) is 4.98 Å². The van der Waals surface area contributed by atoms with Crippen LogP contribution in [-0.4, -0.2) is 24.4 Å². The van der Waals surface area contributed by atoms with E-state index in [1.54, 1.807) is 6.21 Å². The van der Waals surface area contributed by atoms with Crippen molar-refractivity contribution in [3.8, 4) is 11.5 Å². The van der Waals surface area contributed by atoms with Crippen LogP contribution in [-0.2, 0) is 0 Å². The molecule has 2 rings (SSSR count). The summed E-state index contributed by atoms with van der Waals surface area (Å²) >= 11 is 1.53. The number of nitrogens with one attached hydrogen (secondary N) is 1. The van der Waals surface area contributed by atoms with Gasteiger partial charge in [-0.05, 0) is 44.0 Å². The zero-order valence-electron chi connectivity index (χ0n) is 15.2. The molecule has 1 heterocycles. The molecule has 0 saturated heterocycles. The van der Waals surface area contributed by atoms with E-state index in [4.69, 9.17) is 9.47 Å². The molecule has 0 spiro atoms. The van der Waals surface area contributed by atoms with E-state index in [9.17, 15) is 0 Å². The molecule has 0 fully saturated rings. The lowest BCUT2D eigenvalue weighted by Gasteiger charge is -2.12. The van der Waals surface area contributed by atoms with E-state index < -0.39 is 0 Å². The van der Waals surface area contributed by atoms with Gasteiger partial charge in [0.15, 0.2) is 11.5 Å². The van der Waals surface area contributed by atoms with Crippen LogP contribution in [0.3, 0.4) is 0 Å². The molecular formula is C19H27N3O2S. The molecule has 0 saturated carbocycles. The lowest BCUT2D eigenvalue weighted by Crippen LogP contribution is -2.02. The summed E-state index contributed by atoms with van der Waals surface area (Å²) in [7, 11) is 0. The van der Waals surface area contributed by atoms with Crippen molar-refractivity contribution in [3.63, 3.8) is 0 Å². The number of anilines is 1. The second-order valence-corrected chi connectivity index (χ2v) is 6.57. The fraction of sp³-hybridized carbons (Fsp3) is 0.474. The zero-order chi connectivity index (χ0) is 17.9. The average Bonchev–Trinajstić information content (AvgIpc) is 3.02. The number of nitrogens with zero attached hydrogens (tertiary/aromatic N) is 2. The monoisotopic (exact) mass is 361 g/mol. The molecule has 5 nitrogen and oxygen atoms in total. The van der Waals surface area contributed by atoms with Crippen molar-refractivity contribution in [1.29, 1.82) is 0 Å². The lowest BCUT2D eigenvalue weighted by atomic mass is 10.2. The number of thiazole rings is 1. The van der Waals surface area contributed by atoms with Gasteiger partial charge in [0.05, 0.1) is 25.1 Å². The highest BCUT2D eigenvalue weighted by Gasteiger charge is 2.06. The third-order valence-corrected chi connectivity index (χ3v) is 4.38. The van der Waals surface area contributed by atoms with E-state index >= 15 is 0 Å². The summed E-state index contributed by atoms with van der Waals surface area (Å²) in [6, 6.07) is 5.87. The van der Waals surface area contributed by atoms with Crippen LogP contribution in [0.25, 0.3) is 0 Å². The molecule has 1 N–H and O–H groups in total. The Morgan fingerprint density at radius 3 is 2.76 bits per heavy atom. The molecule has 0 aliphatic rings. The maximum absolute atomic E-state index is 5.87. The minimum atomic E-state index is 0.601. The Morgan fingerprint density at radius 1 is 1.16 bits per heavy atom. The molecule has 0 amide bonds. The number of rotatable bonds is 11. The second kappa shape index (κ2) is 10.7. The van der Waals surface area contributed by atoms with Gasteiger partial charge in [-0.25, -0.2) is 4.98 Å². The Bertz CT molecular complexity index is 670. The number of hydrogen-bond acceptors (Lipinski definition) is 6. The van der Waals surface area contributed by atoms with E-state index in [1.165, 1.54) is 30.6 Å². The van der Waals surface area contributed by atoms with Crippen LogP contribution in [0.1, 0.15) is 50.8 Å². The van der Waals surface area contributed by atoms with E-state index in [0.29, 0.717) is 6.61 Å². The Hall–Kier alpha value is -2.08. The van der Waals surface area contributed by atoms with Gasteiger partial charge in [-0.1, -0.05) is 26.2 Å². The third kappa shape index (κ3) is 6.74. The summed E-state index contributed by atoms with van der Waals surface area (Å²) in [4.78, 5) is 4.31. The molecule has 2 aromatic rings. The Balaban J connectivity index is 1.94. The number of benzene rings is 1. The van der Waals surface area contributed by atoms with Crippen molar-refractivity contribution in [2.45, 2.75) is 46.5 Å². The zero-order valence-corrected chi connectivity index (χ0v) is 16.1. The van der Waals surface area contributed by atoms with Gasteiger partial charge >= 0.3 is 0 Å². The fourth-order valence-corrected chi connectivity index (χ4v) is 2.91. The van der Waals surface area contributed by atoms with Gasteiger partial charge in [-0.15, -0.1) is 11.3 Å². The summed E-state index contributed by atoms with van der Waals surface area (Å²) in [5.74, 6) is 1.55. The molecule has 0 unspecified atom stereocenters. The van der Waals surface area contributed by atoms with Gasteiger partial charge in [-0.2, -0.15) is 5.10 Å². The van der Waals surface area contributed by atoms with Crippen LogP contribution in [0.15, 0.2) is 28.7 Å². The molecule has 1 aromatic heterocycles. The van der Waals surface area contributed by atoms with Crippen LogP contribution in [0.2, 0.25) is 0 Å². The molecule has 1 aromatic carbocycles. The van der Waals surface area contributed by atoms with Crippen molar-refractivity contribution in [2.75, 3.05) is 18.6 Å². The number of hydrogen-bond donors (Lipinski definition) is 1. The van der Waals surface area contributed by atoms with Crippen LogP contribution >= 0.6 is 11.3 Å². The SMILES string of the molecule is CCCCCCOc1ccc(C=NNc2nc(C)cs2)cc1OCC. The fourth-order valence-electron chi connectivity index (χ4n) is 2.27. The summed E-state index contributed by atoms with van der Waals surface area (Å²) in [6.45, 7) is 7.46. The molecule has 25 heavy (non-hydrogen) atoms. The van der Waals surface area contributed by atoms with Gasteiger partial charge in [-0.3, -0.25) is 5.43 Å². The van der Waals surface area contributed by atoms with Gasteiger partial charge in [0.1, 0.15) is 0 Å². The number of ether oxygens (including phenoxy) is 2. The maximum Gasteiger partial charge on any atom is 0.203 e. The van der Waals surface area contributed by atoms with Crippen molar-refractivity contribution in [3.05, 3.63) is 34.8 Å². The first-order valence-corrected chi connectivity index (χ1v) is 9.71. The third-order valence-electron chi connectivity index (χ3n) is 3.52. The van der Waals surface area contributed by atoms with E-state index in [0.717, 1.165) is 40.9 Å². The predicted molar refractivity (Wildman–Crippen MR) is 105 cm³/mol. The summed E-state index contributed by atoms with van der Waals surface area (Å²) in [5.41, 5.74) is 4.87. The Labute approximate surface area is 154 Å². The second-order valence-electron chi connectivity index (χ2n) is 5.71. The predicted octanol–water partition coefficient (Wildman–Crippen LogP) is 5.26. The minimum absolute atomic E-state index is 0.601. The number of unbranched alkanes of at least 4 members (excludes halogenated alkanes) is 3. The number of aryl methyl sites for hydroxylation is 1. The topological polar surface area (TPSA) is 55.7 Å². The highest BCUT2D eigenvalue weighted by molar-refractivity contribution is 7.13. The molecule has 0 aliphatic heterocycles. The summed E-state index contributed by atoms with van der Waals surface area (Å²) in [6.07, 6.45) is 6.51. The quantitative estimate of drug-likeness (QED) is 0.337. The Kier molecular flexibility index (Phi) is 8.25. The van der Waals surface area contributed by atoms with E-state index in [1.807, 2.05) is 37.4 Å². The lowest BCUT2D eigenvalue weighted by molar-refractivity contribution is 0.270. The normalized spacial score (nSPS) is 11.0. The van der Waals surface area contributed by atoms with Crippen molar-refractivity contribution < 1.29 is 9.47 Å². The van der Waals surface area contributed by atoms with Gasteiger partial charge < -0.3 is 9.47 Å². The molecule has 6 heteroatoms.